The molecule has 0 unspecified atom stereocenters. The molecule has 0 bridgehead atoms. The van der Waals surface area contributed by atoms with Crippen molar-refractivity contribution in [2.24, 2.45) is 5.92 Å². The smallest absolute Gasteiger partial charge is 0.0684 e. The van der Waals surface area contributed by atoms with E-state index in [2.05, 4.69) is 31.0 Å². The van der Waals surface area contributed by atoms with Gasteiger partial charge in [0.1, 0.15) is 0 Å². The molecule has 0 spiro atoms. The monoisotopic (exact) mass is 205 g/mol. The molecule has 2 heteroatoms. The number of rotatable bonds is 4. The first-order valence-corrected chi connectivity index (χ1v) is 5.62. The summed E-state index contributed by atoms with van der Waals surface area (Å²) in [6.07, 6.45) is 2.77. The molecule has 0 saturated heterocycles. The topological polar surface area (TPSA) is 23.5 Å². The highest BCUT2D eigenvalue weighted by Crippen LogP contribution is 2.31. The fourth-order valence-electron chi connectivity index (χ4n) is 1.89. The summed E-state index contributed by atoms with van der Waals surface area (Å²) in [6, 6.07) is 6.28. The summed E-state index contributed by atoms with van der Waals surface area (Å²) in [7, 11) is 2.14. The lowest BCUT2D eigenvalue weighted by atomic mass is 10.1. The van der Waals surface area contributed by atoms with Crippen molar-refractivity contribution in [1.29, 1.82) is 0 Å². The van der Waals surface area contributed by atoms with E-state index in [9.17, 15) is 0 Å². The molecule has 0 radical (unpaired) electrons. The first-order valence-electron chi connectivity index (χ1n) is 5.62. The van der Waals surface area contributed by atoms with Crippen LogP contribution >= 0.6 is 0 Å². The molecule has 0 aliphatic heterocycles. The Morgan fingerprint density at radius 1 is 1.40 bits per heavy atom. The zero-order chi connectivity index (χ0) is 10.8. The molecule has 1 aromatic carbocycles. The van der Waals surface area contributed by atoms with E-state index >= 15 is 0 Å². The van der Waals surface area contributed by atoms with Gasteiger partial charge in [0.05, 0.1) is 6.61 Å². The lowest BCUT2D eigenvalue weighted by Gasteiger charge is -2.20. The zero-order valence-corrected chi connectivity index (χ0v) is 9.53. The number of benzene rings is 1. The van der Waals surface area contributed by atoms with Crippen molar-refractivity contribution in [2.45, 2.75) is 26.4 Å². The molecule has 1 aromatic rings. The van der Waals surface area contributed by atoms with Crippen molar-refractivity contribution in [3.05, 3.63) is 29.3 Å². The van der Waals surface area contributed by atoms with Crippen molar-refractivity contribution >= 4 is 5.69 Å². The van der Waals surface area contributed by atoms with Crippen LogP contribution < -0.4 is 4.90 Å². The van der Waals surface area contributed by atoms with Gasteiger partial charge in [0, 0.05) is 19.3 Å². The Kier molecular flexibility index (Phi) is 2.96. The predicted octanol–water partition coefficient (Wildman–Crippen LogP) is 2.33. The van der Waals surface area contributed by atoms with E-state index in [1.54, 1.807) is 0 Å². The van der Waals surface area contributed by atoms with Crippen LogP contribution in [0.15, 0.2) is 18.2 Å². The van der Waals surface area contributed by atoms with Crippen LogP contribution in [0, 0.1) is 12.8 Å². The minimum atomic E-state index is 0.137. The summed E-state index contributed by atoms with van der Waals surface area (Å²) in [5.41, 5.74) is 3.47. The normalized spacial score (nSPS) is 15.4. The Morgan fingerprint density at radius 3 is 2.67 bits per heavy atom. The van der Waals surface area contributed by atoms with E-state index in [4.69, 9.17) is 5.11 Å². The average Bonchev–Trinajstić information content (AvgIpc) is 3.01. The van der Waals surface area contributed by atoms with Gasteiger partial charge in [-0.3, -0.25) is 0 Å². The Labute approximate surface area is 91.5 Å². The second kappa shape index (κ2) is 4.23. The maximum Gasteiger partial charge on any atom is 0.0684 e. The van der Waals surface area contributed by atoms with Gasteiger partial charge in [-0.1, -0.05) is 6.07 Å². The lowest BCUT2D eigenvalue weighted by molar-refractivity contribution is 0.281. The fourth-order valence-corrected chi connectivity index (χ4v) is 1.89. The molecule has 0 amide bonds. The molecule has 2 nitrogen and oxygen atoms in total. The third-order valence-electron chi connectivity index (χ3n) is 3.17. The fraction of sp³-hybridized carbons (Fsp3) is 0.538. The van der Waals surface area contributed by atoms with Crippen molar-refractivity contribution < 1.29 is 5.11 Å². The van der Waals surface area contributed by atoms with Crippen molar-refractivity contribution in [3.8, 4) is 0 Å². The number of hydrogen-bond donors (Lipinski definition) is 1. The second-order valence-electron chi connectivity index (χ2n) is 4.59. The number of aliphatic hydroxyl groups excluding tert-OH is 1. The van der Waals surface area contributed by atoms with Crippen LogP contribution in [0.5, 0.6) is 0 Å². The largest absolute Gasteiger partial charge is 0.392 e. The molecule has 2 rings (SSSR count). The van der Waals surface area contributed by atoms with E-state index < -0.39 is 0 Å². The third-order valence-corrected chi connectivity index (χ3v) is 3.17. The minimum Gasteiger partial charge on any atom is -0.392 e. The summed E-state index contributed by atoms with van der Waals surface area (Å²) in [4.78, 5) is 2.31. The molecule has 1 aliphatic carbocycles. The maximum absolute atomic E-state index is 9.09. The van der Waals surface area contributed by atoms with E-state index in [0.717, 1.165) is 18.0 Å². The summed E-state index contributed by atoms with van der Waals surface area (Å²) < 4.78 is 0. The second-order valence-corrected chi connectivity index (χ2v) is 4.59. The molecule has 15 heavy (non-hydrogen) atoms. The molecule has 1 saturated carbocycles. The van der Waals surface area contributed by atoms with Gasteiger partial charge in [-0.2, -0.15) is 0 Å². The highest BCUT2D eigenvalue weighted by Gasteiger charge is 2.22. The first kappa shape index (κ1) is 10.5. The van der Waals surface area contributed by atoms with E-state index in [-0.39, 0.29) is 6.61 Å². The molecular formula is C13H19NO. The van der Waals surface area contributed by atoms with Crippen LogP contribution in [0.3, 0.4) is 0 Å². The molecule has 82 valence electrons. The number of hydrogen-bond acceptors (Lipinski definition) is 2. The van der Waals surface area contributed by atoms with Crippen LogP contribution in [0.1, 0.15) is 24.0 Å². The quantitative estimate of drug-likeness (QED) is 0.815. The maximum atomic E-state index is 9.09. The number of nitrogens with zero attached hydrogens (tertiary/aromatic N) is 1. The Morgan fingerprint density at radius 2 is 2.13 bits per heavy atom. The predicted molar refractivity (Wildman–Crippen MR) is 63.1 cm³/mol. The molecule has 0 heterocycles. The Bertz CT molecular complexity index is 344. The van der Waals surface area contributed by atoms with Crippen molar-refractivity contribution in [2.75, 3.05) is 18.5 Å². The van der Waals surface area contributed by atoms with Gasteiger partial charge in [0.25, 0.3) is 0 Å². The van der Waals surface area contributed by atoms with Gasteiger partial charge in [-0.15, -0.1) is 0 Å². The van der Waals surface area contributed by atoms with Crippen LogP contribution in [-0.4, -0.2) is 18.7 Å². The van der Waals surface area contributed by atoms with Gasteiger partial charge in [-0.25, -0.2) is 0 Å². The van der Waals surface area contributed by atoms with Crippen LogP contribution in [-0.2, 0) is 6.61 Å². The van der Waals surface area contributed by atoms with E-state index in [0.29, 0.717) is 0 Å². The van der Waals surface area contributed by atoms with Gasteiger partial charge < -0.3 is 10.0 Å². The summed E-state index contributed by atoms with van der Waals surface area (Å²) in [5.74, 6) is 0.910. The Balaban J connectivity index is 2.09. The zero-order valence-electron chi connectivity index (χ0n) is 9.53. The SMILES string of the molecule is Cc1cc(N(C)CC2CC2)ccc1CO. The molecule has 1 fully saturated rings. The van der Waals surface area contributed by atoms with Gasteiger partial charge in [0.2, 0.25) is 0 Å². The average molecular weight is 205 g/mol. The van der Waals surface area contributed by atoms with Crippen LogP contribution in [0.25, 0.3) is 0 Å². The molecule has 0 atom stereocenters. The standard InChI is InChI=1S/C13H19NO/c1-10-7-13(6-5-12(10)9-15)14(2)8-11-3-4-11/h5-7,11,15H,3-4,8-9H2,1-2H3. The molecular weight excluding hydrogens is 186 g/mol. The summed E-state index contributed by atoms with van der Waals surface area (Å²) in [6.45, 7) is 3.36. The van der Waals surface area contributed by atoms with E-state index in [1.165, 1.54) is 24.1 Å². The lowest BCUT2D eigenvalue weighted by Crippen LogP contribution is -2.19. The van der Waals surface area contributed by atoms with Crippen molar-refractivity contribution in [3.63, 3.8) is 0 Å². The molecule has 1 aliphatic rings. The van der Waals surface area contributed by atoms with Crippen molar-refractivity contribution in [1.82, 2.24) is 0 Å². The Hall–Kier alpha value is -1.02. The molecule has 0 aromatic heterocycles. The molecule has 1 N–H and O–H groups in total. The van der Waals surface area contributed by atoms with E-state index in [1.807, 2.05) is 6.07 Å². The summed E-state index contributed by atoms with van der Waals surface area (Å²) >= 11 is 0. The number of aliphatic hydroxyl groups is 1. The minimum absolute atomic E-state index is 0.137. The van der Waals surface area contributed by atoms with Crippen LogP contribution in [0.2, 0.25) is 0 Å². The third kappa shape index (κ3) is 2.51. The van der Waals surface area contributed by atoms with Gasteiger partial charge in [-0.05, 0) is 48.9 Å². The highest BCUT2D eigenvalue weighted by molar-refractivity contribution is 5.50. The summed E-state index contributed by atoms with van der Waals surface area (Å²) in [5, 5.41) is 9.09. The number of anilines is 1. The van der Waals surface area contributed by atoms with Gasteiger partial charge >= 0.3 is 0 Å². The number of aryl methyl sites for hydroxylation is 1. The first-order chi connectivity index (χ1) is 7.20. The van der Waals surface area contributed by atoms with Gasteiger partial charge in [0.15, 0.2) is 0 Å². The van der Waals surface area contributed by atoms with Crippen LogP contribution in [0.4, 0.5) is 5.69 Å². The highest BCUT2D eigenvalue weighted by atomic mass is 16.3.